The molecule has 0 spiro atoms. The van der Waals surface area contributed by atoms with E-state index in [1.807, 2.05) is 0 Å². The molecule has 5 amide bonds. The summed E-state index contributed by atoms with van der Waals surface area (Å²) in [5.74, 6) is -6.55. The van der Waals surface area contributed by atoms with Gasteiger partial charge in [-0.1, -0.05) is 20.3 Å². The van der Waals surface area contributed by atoms with Gasteiger partial charge >= 0.3 is 5.97 Å². The predicted molar refractivity (Wildman–Crippen MR) is 106 cm³/mol. The van der Waals surface area contributed by atoms with Crippen LogP contribution in [0.25, 0.3) is 0 Å². The largest absolute Gasteiger partial charge is 0.480 e. The monoisotopic (exact) mass is 446 g/mol. The summed E-state index contributed by atoms with van der Waals surface area (Å²) in [7, 11) is 0. The summed E-state index contributed by atoms with van der Waals surface area (Å²) in [5, 5.41) is 25.2. The topological polar surface area (TPSA) is 257 Å². The Morgan fingerprint density at radius 3 is 1.77 bits per heavy atom. The van der Waals surface area contributed by atoms with E-state index in [1.165, 1.54) is 0 Å². The van der Waals surface area contributed by atoms with Crippen molar-refractivity contribution in [3.63, 3.8) is 0 Å². The first-order chi connectivity index (χ1) is 14.3. The minimum Gasteiger partial charge on any atom is -0.480 e. The molecule has 5 atom stereocenters. The first-order valence-corrected chi connectivity index (χ1v) is 9.40. The van der Waals surface area contributed by atoms with E-state index in [4.69, 9.17) is 22.3 Å². The molecule has 0 aliphatic carbocycles. The number of carboxylic acids is 1. The zero-order valence-electron chi connectivity index (χ0n) is 17.3. The number of nitrogens with one attached hydrogen (secondary N) is 3. The summed E-state index contributed by atoms with van der Waals surface area (Å²) in [4.78, 5) is 70.1. The summed E-state index contributed by atoms with van der Waals surface area (Å²) in [6.07, 6.45) is -0.749. The lowest BCUT2D eigenvalue weighted by Crippen LogP contribution is -2.59. The standard InChI is InChI=1S/C17H30N6O8/c1-3-7(2)13(16(29)21-9(17(30)31)5-12(20)26)23-15(28)10(6-24)22-14(27)8(18)4-11(19)25/h7-10,13,24H,3-6,18H2,1-2H3,(H2,19,25)(H2,20,26)(H,21,29)(H,22,27)(H,23,28)(H,30,31). The molecule has 0 aromatic rings. The van der Waals surface area contributed by atoms with Crippen LogP contribution in [-0.2, 0) is 28.8 Å². The van der Waals surface area contributed by atoms with Crippen molar-refractivity contribution in [1.29, 1.82) is 0 Å². The van der Waals surface area contributed by atoms with E-state index in [0.717, 1.165) is 0 Å². The second-order valence-corrected chi connectivity index (χ2v) is 6.96. The number of rotatable bonds is 14. The van der Waals surface area contributed by atoms with Crippen LogP contribution in [0.3, 0.4) is 0 Å². The average Bonchev–Trinajstić information content (AvgIpc) is 2.67. The van der Waals surface area contributed by atoms with E-state index in [0.29, 0.717) is 6.42 Å². The Bertz CT molecular complexity index is 700. The smallest absolute Gasteiger partial charge is 0.326 e. The highest BCUT2D eigenvalue weighted by Gasteiger charge is 2.33. The van der Waals surface area contributed by atoms with Crippen LogP contribution in [-0.4, -0.2) is 76.5 Å². The second kappa shape index (κ2) is 13.1. The maximum absolute atomic E-state index is 12.6. The van der Waals surface area contributed by atoms with Gasteiger partial charge in [0.2, 0.25) is 29.5 Å². The fraction of sp³-hybridized carbons (Fsp3) is 0.647. The molecule has 0 aliphatic heterocycles. The fourth-order valence-electron chi connectivity index (χ4n) is 2.40. The van der Waals surface area contributed by atoms with Gasteiger partial charge in [0.1, 0.15) is 18.1 Å². The number of hydrogen-bond donors (Lipinski definition) is 8. The Morgan fingerprint density at radius 1 is 0.839 bits per heavy atom. The molecule has 5 unspecified atom stereocenters. The Hall–Kier alpha value is -3.26. The van der Waals surface area contributed by atoms with E-state index in [1.54, 1.807) is 13.8 Å². The van der Waals surface area contributed by atoms with Gasteiger partial charge in [0.25, 0.3) is 0 Å². The van der Waals surface area contributed by atoms with Crippen molar-refractivity contribution < 1.29 is 39.0 Å². The highest BCUT2D eigenvalue weighted by molar-refractivity contribution is 5.95. The molecule has 11 N–H and O–H groups in total. The summed E-state index contributed by atoms with van der Waals surface area (Å²) in [5.41, 5.74) is 15.4. The predicted octanol–water partition coefficient (Wildman–Crippen LogP) is -4.36. The quantitative estimate of drug-likeness (QED) is 0.128. The van der Waals surface area contributed by atoms with E-state index in [-0.39, 0.29) is 0 Å². The highest BCUT2D eigenvalue weighted by Crippen LogP contribution is 2.09. The maximum Gasteiger partial charge on any atom is 0.326 e. The van der Waals surface area contributed by atoms with Crippen molar-refractivity contribution in [3.8, 4) is 0 Å². The molecule has 0 rings (SSSR count). The van der Waals surface area contributed by atoms with E-state index in [2.05, 4.69) is 16.0 Å². The lowest BCUT2D eigenvalue weighted by molar-refractivity contribution is -0.144. The van der Waals surface area contributed by atoms with Gasteiger partial charge in [-0.05, 0) is 5.92 Å². The molecular weight excluding hydrogens is 416 g/mol. The molecule has 0 aromatic carbocycles. The van der Waals surface area contributed by atoms with Crippen molar-refractivity contribution >= 4 is 35.5 Å². The van der Waals surface area contributed by atoms with E-state index in [9.17, 15) is 33.9 Å². The van der Waals surface area contributed by atoms with Gasteiger partial charge in [0, 0.05) is 0 Å². The minimum absolute atomic E-state index is 0.394. The van der Waals surface area contributed by atoms with Gasteiger partial charge in [0.15, 0.2) is 0 Å². The maximum atomic E-state index is 12.6. The lowest BCUT2D eigenvalue weighted by Gasteiger charge is -2.27. The van der Waals surface area contributed by atoms with Gasteiger partial charge in [-0.3, -0.25) is 24.0 Å². The third-order valence-electron chi connectivity index (χ3n) is 4.39. The van der Waals surface area contributed by atoms with Crippen molar-refractivity contribution in [2.75, 3.05) is 6.61 Å². The third-order valence-corrected chi connectivity index (χ3v) is 4.39. The number of carbonyl (C=O) groups is 6. The number of hydrogen-bond acceptors (Lipinski definition) is 8. The second-order valence-electron chi connectivity index (χ2n) is 6.96. The molecule has 0 heterocycles. The summed E-state index contributed by atoms with van der Waals surface area (Å²) in [6, 6.07) is -5.71. The van der Waals surface area contributed by atoms with Gasteiger partial charge in [-0.25, -0.2) is 4.79 Å². The first kappa shape index (κ1) is 27.7. The third kappa shape index (κ3) is 9.86. The van der Waals surface area contributed by atoms with E-state index >= 15 is 0 Å². The number of aliphatic hydroxyl groups excluding tert-OH is 1. The van der Waals surface area contributed by atoms with E-state index < -0.39 is 85.0 Å². The van der Waals surface area contributed by atoms with Crippen LogP contribution in [0.5, 0.6) is 0 Å². The molecule has 0 saturated carbocycles. The molecule has 176 valence electrons. The van der Waals surface area contributed by atoms with Gasteiger partial charge in [-0.15, -0.1) is 0 Å². The molecule has 0 radical (unpaired) electrons. The minimum atomic E-state index is -1.60. The number of carbonyl (C=O) groups excluding carboxylic acids is 5. The molecular formula is C17H30N6O8. The Morgan fingerprint density at radius 2 is 1.35 bits per heavy atom. The molecule has 14 heteroatoms. The molecule has 31 heavy (non-hydrogen) atoms. The number of amides is 5. The molecule has 0 fully saturated rings. The number of aliphatic carboxylic acids is 1. The SMILES string of the molecule is CCC(C)C(NC(=O)C(CO)NC(=O)C(N)CC(N)=O)C(=O)NC(CC(N)=O)C(=O)O. The van der Waals surface area contributed by atoms with Crippen molar-refractivity contribution in [2.45, 2.75) is 57.3 Å². The Labute approximate surface area is 178 Å². The van der Waals surface area contributed by atoms with Crippen LogP contribution < -0.4 is 33.2 Å². The number of nitrogens with two attached hydrogens (primary N) is 3. The summed E-state index contributed by atoms with van der Waals surface area (Å²) < 4.78 is 0. The van der Waals surface area contributed by atoms with Gasteiger partial charge < -0.3 is 43.4 Å². The van der Waals surface area contributed by atoms with Crippen LogP contribution in [0, 0.1) is 5.92 Å². The number of carboxylic acid groups (broad SMARTS) is 1. The first-order valence-electron chi connectivity index (χ1n) is 9.40. The Balaban J connectivity index is 5.35. The highest BCUT2D eigenvalue weighted by atomic mass is 16.4. The molecule has 0 saturated heterocycles. The number of aliphatic hydroxyl groups is 1. The Kier molecular flexibility index (Phi) is 11.7. The molecule has 0 aromatic heterocycles. The number of primary amides is 2. The van der Waals surface area contributed by atoms with Crippen molar-refractivity contribution in [1.82, 2.24) is 16.0 Å². The van der Waals surface area contributed by atoms with Crippen LogP contribution in [0.15, 0.2) is 0 Å². The van der Waals surface area contributed by atoms with Gasteiger partial charge in [-0.2, -0.15) is 0 Å². The van der Waals surface area contributed by atoms with Crippen molar-refractivity contribution in [3.05, 3.63) is 0 Å². The molecule has 0 bridgehead atoms. The normalized spacial score (nSPS) is 15.5. The van der Waals surface area contributed by atoms with Crippen LogP contribution in [0.4, 0.5) is 0 Å². The fourth-order valence-corrected chi connectivity index (χ4v) is 2.40. The summed E-state index contributed by atoms with van der Waals surface area (Å²) in [6.45, 7) is 2.46. The van der Waals surface area contributed by atoms with Crippen LogP contribution >= 0.6 is 0 Å². The lowest BCUT2D eigenvalue weighted by atomic mass is 9.97. The van der Waals surface area contributed by atoms with Crippen LogP contribution in [0.1, 0.15) is 33.1 Å². The van der Waals surface area contributed by atoms with Crippen LogP contribution in [0.2, 0.25) is 0 Å². The molecule has 0 aliphatic rings. The molecule has 14 nitrogen and oxygen atoms in total. The average molecular weight is 446 g/mol. The zero-order valence-corrected chi connectivity index (χ0v) is 17.3. The zero-order chi connectivity index (χ0) is 24.3. The summed E-state index contributed by atoms with van der Waals surface area (Å²) >= 11 is 0. The van der Waals surface area contributed by atoms with Gasteiger partial charge in [0.05, 0.1) is 25.5 Å². The van der Waals surface area contributed by atoms with Crippen molar-refractivity contribution in [2.24, 2.45) is 23.1 Å².